The van der Waals surface area contributed by atoms with Crippen LogP contribution >= 0.6 is 0 Å². The standard InChI is InChI=1S/C13H28N2O/c1-7-12(10-14(6)11(4)5)13(16)15(8-2)9-3/h11-12H,7-10H2,1-6H3. The van der Waals surface area contributed by atoms with Crippen LogP contribution in [0.3, 0.4) is 0 Å². The van der Waals surface area contributed by atoms with Gasteiger partial charge in [0, 0.05) is 25.7 Å². The molecule has 1 unspecified atom stereocenters. The van der Waals surface area contributed by atoms with Crippen LogP contribution < -0.4 is 0 Å². The molecule has 0 N–H and O–H groups in total. The van der Waals surface area contributed by atoms with Gasteiger partial charge in [0.2, 0.25) is 5.91 Å². The maximum Gasteiger partial charge on any atom is 0.226 e. The number of carbonyl (C=O) groups is 1. The second-order valence-electron chi connectivity index (χ2n) is 4.65. The lowest BCUT2D eigenvalue weighted by molar-refractivity contribution is -0.135. The van der Waals surface area contributed by atoms with E-state index in [0.717, 1.165) is 26.1 Å². The number of rotatable bonds is 7. The van der Waals surface area contributed by atoms with Gasteiger partial charge in [-0.2, -0.15) is 0 Å². The molecule has 0 aromatic heterocycles. The van der Waals surface area contributed by atoms with Gasteiger partial charge in [-0.3, -0.25) is 4.79 Å². The van der Waals surface area contributed by atoms with Crippen LogP contribution in [0.2, 0.25) is 0 Å². The number of hydrogen-bond donors (Lipinski definition) is 0. The molecule has 1 amide bonds. The van der Waals surface area contributed by atoms with Gasteiger partial charge in [0.1, 0.15) is 0 Å². The smallest absolute Gasteiger partial charge is 0.226 e. The summed E-state index contributed by atoms with van der Waals surface area (Å²) in [5, 5.41) is 0. The van der Waals surface area contributed by atoms with Crippen molar-refractivity contribution in [2.24, 2.45) is 5.92 Å². The zero-order valence-electron chi connectivity index (χ0n) is 11.8. The zero-order valence-corrected chi connectivity index (χ0v) is 11.8. The predicted molar refractivity (Wildman–Crippen MR) is 69.5 cm³/mol. The third-order valence-corrected chi connectivity index (χ3v) is 3.31. The van der Waals surface area contributed by atoms with Gasteiger partial charge in [-0.1, -0.05) is 6.92 Å². The Kier molecular flexibility index (Phi) is 7.39. The first kappa shape index (κ1) is 15.4. The Morgan fingerprint density at radius 3 is 1.94 bits per heavy atom. The molecule has 3 heteroatoms. The van der Waals surface area contributed by atoms with Gasteiger partial charge in [0.05, 0.1) is 5.92 Å². The predicted octanol–water partition coefficient (Wildman–Crippen LogP) is 2.22. The fraction of sp³-hybridized carbons (Fsp3) is 0.923. The largest absolute Gasteiger partial charge is 0.343 e. The van der Waals surface area contributed by atoms with Gasteiger partial charge < -0.3 is 9.80 Å². The van der Waals surface area contributed by atoms with E-state index in [1.165, 1.54) is 0 Å². The first-order valence-corrected chi connectivity index (χ1v) is 6.46. The first-order chi connectivity index (χ1) is 7.47. The van der Waals surface area contributed by atoms with Crippen molar-refractivity contribution in [1.29, 1.82) is 0 Å². The normalized spacial score (nSPS) is 13.2. The molecule has 0 saturated carbocycles. The van der Waals surface area contributed by atoms with Crippen LogP contribution in [-0.2, 0) is 4.79 Å². The summed E-state index contributed by atoms with van der Waals surface area (Å²) < 4.78 is 0. The Morgan fingerprint density at radius 1 is 1.12 bits per heavy atom. The number of hydrogen-bond acceptors (Lipinski definition) is 2. The van der Waals surface area contributed by atoms with E-state index in [2.05, 4.69) is 32.7 Å². The quantitative estimate of drug-likeness (QED) is 0.667. The summed E-state index contributed by atoms with van der Waals surface area (Å²) in [6.07, 6.45) is 0.923. The summed E-state index contributed by atoms with van der Waals surface area (Å²) in [6.45, 7) is 13.0. The molecule has 96 valence electrons. The summed E-state index contributed by atoms with van der Waals surface area (Å²) >= 11 is 0. The molecule has 1 atom stereocenters. The Hall–Kier alpha value is -0.570. The van der Waals surface area contributed by atoms with Crippen LogP contribution in [0.15, 0.2) is 0 Å². The molecule has 0 aliphatic rings. The Bertz CT molecular complexity index is 200. The van der Waals surface area contributed by atoms with Crippen molar-refractivity contribution in [1.82, 2.24) is 9.80 Å². The minimum Gasteiger partial charge on any atom is -0.343 e. The Labute approximate surface area is 101 Å². The molecular formula is C13H28N2O. The van der Waals surface area contributed by atoms with Gasteiger partial charge in [0.15, 0.2) is 0 Å². The molecule has 0 aromatic rings. The van der Waals surface area contributed by atoms with Crippen LogP contribution in [0, 0.1) is 5.92 Å². The summed E-state index contributed by atoms with van der Waals surface area (Å²) in [6, 6.07) is 0.499. The molecular weight excluding hydrogens is 200 g/mol. The molecule has 0 fully saturated rings. The lowest BCUT2D eigenvalue weighted by Crippen LogP contribution is -2.42. The Morgan fingerprint density at radius 2 is 1.62 bits per heavy atom. The molecule has 0 bridgehead atoms. The molecule has 0 aliphatic carbocycles. The zero-order chi connectivity index (χ0) is 12.7. The van der Waals surface area contributed by atoms with Gasteiger partial charge in [-0.25, -0.2) is 0 Å². The molecule has 0 spiro atoms. The third kappa shape index (κ3) is 4.52. The molecule has 0 rings (SSSR count). The van der Waals surface area contributed by atoms with Crippen molar-refractivity contribution in [2.75, 3.05) is 26.7 Å². The minimum atomic E-state index is 0.146. The highest BCUT2D eigenvalue weighted by Crippen LogP contribution is 2.11. The molecule has 3 nitrogen and oxygen atoms in total. The number of nitrogens with zero attached hydrogens (tertiary/aromatic N) is 2. The number of carbonyl (C=O) groups excluding carboxylic acids is 1. The van der Waals surface area contributed by atoms with E-state index in [4.69, 9.17) is 0 Å². The van der Waals surface area contributed by atoms with Crippen LogP contribution in [0.25, 0.3) is 0 Å². The highest BCUT2D eigenvalue weighted by atomic mass is 16.2. The molecule has 0 heterocycles. The molecule has 16 heavy (non-hydrogen) atoms. The topological polar surface area (TPSA) is 23.6 Å². The van der Waals surface area contributed by atoms with Crippen LogP contribution in [-0.4, -0.2) is 48.4 Å². The van der Waals surface area contributed by atoms with Crippen molar-refractivity contribution in [3.63, 3.8) is 0 Å². The van der Waals surface area contributed by atoms with E-state index < -0.39 is 0 Å². The van der Waals surface area contributed by atoms with E-state index in [0.29, 0.717) is 11.9 Å². The maximum absolute atomic E-state index is 12.2. The van der Waals surface area contributed by atoms with Crippen LogP contribution in [0.5, 0.6) is 0 Å². The number of amides is 1. The van der Waals surface area contributed by atoms with Gasteiger partial charge in [-0.15, -0.1) is 0 Å². The monoisotopic (exact) mass is 228 g/mol. The summed E-state index contributed by atoms with van der Waals surface area (Å²) in [5.74, 6) is 0.451. The van der Waals surface area contributed by atoms with Crippen molar-refractivity contribution in [3.8, 4) is 0 Å². The fourth-order valence-corrected chi connectivity index (χ4v) is 1.73. The minimum absolute atomic E-state index is 0.146. The SMILES string of the molecule is CCC(CN(C)C(C)C)C(=O)N(CC)CC. The summed E-state index contributed by atoms with van der Waals surface area (Å²) in [5.41, 5.74) is 0. The molecule has 0 aliphatic heterocycles. The van der Waals surface area contributed by atoms with E-state index in [-0.39, 0.29) is 5.92 Å². The summed E-state index contributed by atoms with van der Waals surface area (Å²) in [4.78, 5) is 16.4. The second-order valence-corrected chi connectivity index (χ2v) is 4.65. The molecule has 0 radical (unpaired) electrons. The van der Waals surface area contributed by atoms with Crippen LogP contribution in [0.1, 0.15) is 41.0 Å². The highest BCUT2D eigenvalue weighted by Gasteiger charge is 2.22. The van der Waals surface area contributed by atoms with E-state index in [1.54, 1.807) is 0 Å². The van der Waals surface area contributed by atoms with Crippen LogP contribution in [0.4, 0.5) is 0 Å². The lowest BCUT2D eigenvalue weighted by Gasteiger charge is -2.29. The molecule has 0 aromatic carbocycles. The third-order valence-electron chi connectivity index (χ3n) is 3.31. The highest BCUT2D eigenvalue weighted by molar-refractivity contribution is 5.79. The van der Waals surface area contributed by atoms with Crippen molar-refractivity contribution >= 4 is 5.91 Å². The average Bonchev–Trinajstić information content (AvgIpc) is 2.26. The first-order valence-electron chi connectivity index (χ1n) is 6.46. The van der Waals surface area contributed by atoms with Gasteiger partial charge >= 0.3 is 0 Å². The van der Waals surface area contributed by atoms with E-state index in [9.17, 15) is 4.79 Å². The van der Waals surface area contributed by atoms with Gasteiger partial charge in [0.25, 0.3) is 0 Å². The average molecular weight is 228 g/mol. The Balaban J connectivity index is 4.42. The van der Waals surface area contributed by atoms with E-state index in [1.807, 2.05) is 18.7 Å². The molecule has 0 saturated heterocycles. The summed E-state index contributed by atoms with van der Waals surface area (Å²) in [7, 11) is 2.09. The van der Waals surface area contributed by atoms with Gasteiger partial charge in [-0.05, 0) is 41.2 Å². The van der Waals surface area contributed by atoms with E-state index >= 15 is 0 Å². The fourth-order valence-electron chi connectivity index (χ4n) is 1.73. The van der Waals surface area contributed by atoms with Crippen molar-refractivity contribution < 1.29 is 4.79 Å². The second kappa shape index (κ2) is 7.66. The maximum atomic E-state index is 12.2. The lowest BCUT2D eigenvalue weighted by atomic mass is 10.0. The van der Waals surface area contributed by atoms with Crippen molar-refractivity contribution in [2.45, 2.75) is 47.1 Å². The van der Waals surface area contributed by atoms with Crippen molar-refractivity contribution in [3.05, 3.63) is 0 Å².